The molecule has 1 nitrogen and oxygen atoms in total. The second-order valence-corrected chi connectivity index (χ2v) is 6.29. The van der Waals surface area contributed by atoms with E-state index in [2.05, 4.69) is 6.92 Å². The molecule has 0 unspecified atom stereocenters. The molecule has 0 amide bonds. The zero-order chi connectivity index (χ0) is 14.6. The third-order valence-electron chi connectivity index (χ3n) is 3.40. The maximum absolute atomic E-state index is 5.79. The first kappa shape index (κ1) is 17.7. The van der Waals surface area contributed by atoms with Crippen LogP contribution in [0.1, 0.15) is 68.7 Å². The van der Waals surface area contributed by atoms with E-state index in [4.69, 9.17) is 27.9 Å². The Hall–Kier alpha value is -0.400. The van der Waals surface area contributed by atoms with Gasteiger partial charge in [-0.25, -0.2) is 0 Å². The lowest BCUT2D eigenvalue weighted by atomic mass is 10.1. The van der Waals surface area contributed by atoms with Gasteiger partial charge in [0.2, 0.25) is 0 Å². The van der Waals surface area contributed by atoms with Crippen molar-refractivity contribution in [2.75, 3.05) is 6.61 Å². The van der Waals surface area contributed by atoms with Crippen molar-refractivity contribution in [1.29, 1.82) is 0 Å². The fourth-order valence-electron chi connectivity index (χ4n) is 2.14. The van der Waals surface area contributed by atoms with Crippen molar-refractivity contribution in [2.24, 2.45) is 0 Å². The molecule has 1 aromatic carbocycles. The lowest BCUT2D eigenvalue weighted by Crippen LogP contribution is -1.97. The number of hydrogen-bond acceptors (Lipinski definition) is 1. The molecule has 0 radical (unpaired) electrons. The Morgan fingerprint density at radius 3 is 1.95 bits per heavy atom. The highest BCUT2D eigenvalue weighted by Crippen LogP contribution is 2.26. The maximum Gasteiger partial charge on any atom is 0.132 e. The first-order chi connectivity index (χ1) is 9.74. The normalized spacial score (nSPS) is 11.0. The molecule has 20 heavy (non-hydrogen) atoms. The number of hydrogen-bond donors (Lipinski definition) is 0. The van der Waals surface area contributed by atoms with Gasteiger partial charge < -0.3 is 4.74 Å². The Morgan fingerprint density at radius 1 is 0.850 bits per heavy atom. The molecule has 0 saturated carbocycles. The molecule has 0 bridgehead atoms. The lowest BCUT2D eigenvalue weighted by molar-refractivity contribution is 0.304. The summed E-state index contributed by atoms with van der Waals surface area (Å²) in [5.41, 5.74) is 0.910. The maximum atomic E-state index is 5.79. The summed E-state index contributed by atoms with van der Waals surface area (Å²) in [5.74, 6) is 0.894. The second-order valence-electron chi connectivity index (χ2n) is 5.19. The zero-order valence-corrected chi connectivity index (χ0v) is 13.9. The van der Waals surface area contributed by atoms with Crippen LogP contribution in [0.4, 0.5) is 0 Å². The monoisotopic (exact) mass is 316 g/mol. The molecule has 0 heterocycles. The van der Waals surface area contributed by atoms with Crippen molar-refractivity contribution in [2.45, 2.75) is 63.1 Å². The predicted octanol–water partition coefficient (Wildman–Crippen LogP) is 6.68. The van der Waals surface area contributed by atoms with E-state index in [1.165, 1.54) is 44.9 Å². The van der Waals surface area contributed by atoms with Crippen LogP contribution in [0, 0.1) is 0 Å². The molecule has 0 saturated heterocycles. The van der Waals surface area contributed by atoms with Crippen LogP contribution in [-0.4, -0.2) is 6.61 Å². The lowest BCUT2D eigenvalue weighted by Gasteiger charge is -2.07. The molecule has 3 heteroatoms. The molecule has 0 aliphatic rings. The standard InChI is InChI=1S/C17H26Cl2O/c1-2-3-4-5-6-7-8-9-14-20-16-12-10-15(11-13-16)17(18)19/h10-13,17H,2-9,14H2,1H3. The number of rotatable bonds is 11. The van der Waals surface area contributed by atoms with Crippen LogP contribution in [-0.2, 0) is 0 Å². The number of unbranched alkanes of at least 4 members (excludes halogenated alkanes) is 7. The summed E-state index contributed by atoms with van der Waals surface area (Å²) in [6.45, 7) is 3.05. The van der Waals surface area contributed by atoms with E-state index in [9.17, 15) is 0 Å². The minimum Gasteiger partial charge on any atom is -0.494 e. The molecule has 1 rings (SSSR count). The average molecular weight is 317 g/mol. The minimum absolute atomic E-state index is 0.461. The van der Waals surface area contributed by atoms with Gasteiger partial charge in [0.1, 0.15) is 10.6 Å². The predicted molar refractivity (Wildman–Crippen MR) is 89.0 cm³/mol. The molecule has 114 valence electrons. The summed E-state index contributed by atoms with van der Waals surface area (Å²) < 4.78 is 5.70. The Labute approximate surface area is 133 Å². The van der Waals surface area contributed by atoms with Gasteiger partial charge in [-0.3, -0.25) is 0 Å². The largest absolute Gasteiger partial charge is 0.494 e. The second kappa shape index (κ2) is 11.3. The zero-order valence-electron chi connectivity index (χ0n) is 12.4. The number of benzene rings is 1. The van der Waals surface area contributed by atoms with Crippen LogP contribution >= 0.6 is 23.2 Å². The molecular weight excluding hydrogens is 291 g/mol. The van der Waals surface area contributed by atoms with Gasteiger partial charge >= 0.3 is 0 Å². The Bertz CT molecular complexity index is 335. The van der Waals surface area contributed by atoms with Gasteiger partial charge in [-0.05, 0) is 24.1 Å². The van der Waals surface area contributed by atoms with E-state index < -0.39 is 4.84 Å². The highest BCUT2D eigenvalue weighted by Gasteiger charge is 2.02. The summed E-state index contributed by atoms with van der Waals surface area (Å²) in [4.78, 5) is -0.461. The fourth-order valence-corrected chi connectivity index (χ4v) is 2.43. The highest BCUT2D eigenvalue weighted by atomic mass is 35.5. The van der Waals surface area contributed by atoms with Crippen LogP contribution in [0.2, 0.25) is 0 Å². The highest BCUT2D eigenvalue weighted by molar-refractivity contribution is 6.44. The number of alkyl halides is 2. The molecule has 0 aliphatic carbocycles. The van der Waals surface area contributed by atoms with Gasteiger partial charge in [0.15, 0.2) is 0 Å². The Morgan fingerprint density at radius 2 is 1.40 bits per heavy atom. The Kier molecular flexibility index (Phi) is 9.96. The van der Waals surface area contributed by atoms with Crippen LogP contribution in [0.25, 0.3) is 0 Å². The minimum atomic E-state index is -0.461. The van der Waals surface area contributed by atoms with Gasteiger partial charge in [-0.1, -0.05) is 64.0 Å². The van der Waals surface area contributed by atoms with Crippen molar-refractivity contribution < 1.29 is 4.74 Å². The van der Waals surface area contributed by atoms with Gasteiger partial charge in [-0.15, -0.1) is 23.2 Å². The molecule has 0 spiro atoms. The van der Waals surface area contributed by atoms with Crippen molar-refractivity contribution in [3.63, 3.8) is 0 Å². The Balaban J connectivity index is 2.01. The molecule has 0 atom stereocenters. The van der Waals surface area contributed by atoms with Crippen molar-refractivity contribution in [1.82, 2.24) is 0 Å². The number of halogens is 2. The van der Waals surface area contributed by atoms with E-state index in [1.807, 2.05) is 24.3 Å². The summed E-state index contributed by atoms with van der Waals surface area (Å²) in [7, 11) is 0. The van der Waals surface area contributed by atoms with E-state index in [0.717, 1.165) is 24.3 Å². The number of ether oxygens (including phenoxy) is 1. The SMILES string of the molecule is CCCCCCCCCCOc1ccc(C(Cl)Cl)cc1. The first-order valence-electron chi connectivity index (χ1n) is 7.75. The molecule has 0 aliphatic heterocycles. The van der Waals surface area contributed by atoms with Gasteiger partial charge in [0.05, 0.1) is 6.61 Å². The quantitative estimate of drug-likeness (QED) is 0.326. The van der Waals surface area contributed by atoms with Crippen LogP contribution in [0.3, 0.4) is 0 Å². The molecular formula is C17H26Cl2O. The van der Waals surface area contributed by atoms with E-state index in [-0.39, 0.29) is 0 Å². The van der Waals surface area contributed by atoms with Crippen LogP contribution in [0.15, 0.2) is 24.3 Å². The van der Waals surface area contributed by atoms with Crippen molar-refractivity contribution in [3.05, 3.63) is 29.8 Å². The van der Waals surface area contributed by atoms with Gasteiger partial charge in [-0.2, -0.15) is 0 Å². The van der Waals surface area contributed by atoms with Crippen molar-refractivity contribution in [3.8, 4) is 5.75 Å². The van der Waals surface area contributed by atoms with Crippen molar-refractivity contribution >= 4 is 23.2 Å². The fraction of sp³-hybridized carbons (Fsp3) is 0.647. The smallest absolute Gasteiger partial charge is 0.132 e. The molecule has 0 aromatic heterocycles. The molecule has 0 fully saturated rings. The van der Waals surface area contributed by atoms with Crippen LogP contribution in [0.5, 0.6) is 5.75 Å². The van der Waals surface area contributed by atoms with E-state index >= 15 is 0 Å². The molecule has 0 N–H and O–H groups in total. The van der Waals surface area contributed by atoms with Gasteiger partial charge in [0.25, 0.3) is 0 Å². The summed E-state index contributed by atoms with van der Waals surface area (Å²) in [6.07, 6.45) is 10.5. The summed E-state index contributed by atoms with van der Waals surface area (Å²) in [6, 6.07) is 7.68. The topological polar surface area (TPSA) is 9.23 Å². The summed E-state index contributed by atoms with van der Waals surface area (Å²) in [5, 5.41) is 0. The van der Waals surface area contributed by atoms with Gasteiger partial charge in [0, 0.05) is 0 Å². The van der Waals surface area contributed by atoms with E-state index in [0.29, 0.717) is 0 Å². The third kappa shape index (κ3) is 8.01. The molecule has 1 aromatic rings. The third-order valence-corrected chi connectivity index (χ3v) is 3.90. The van der Waals surface area contributed by atoms with Crippen LogP contribution < -0.4 is 4.74 Å². The first-order valence-corrected chi connectivity index (χ1v) is 8.62. The van der Waals surface area contributed by atoms with E-state index in [1.54, 1.807) is 0 Å². The summed E-state index contributed by atoms with van der Waals surface area (Å²) >= 11 is 11.6. The average Bonchev–Trinajstić information content (AvgIpc) is 2.46.